The molecule has 0 radical (unpaired) electrons. The molecule has 3 rings (SSSR count). The largest absolute Gasteiger partial charge is 0.321 e. The molecule has 1 aliphatic heterocycles. The number of carbonyl (C=O) groups is 1. The molecule has 0 aliphatic carbocycles. The SMILES string of the molecule is Cc1ccc(NC(=O)c2cc(S(=O)(=O)N3CCC(C)CC3)cs2)cc1. The van der Waals surface area contributed by atoms with Gasteiger partial charge in [0.25, 0.3) is 5.91 Å². The summed E-state index contributed by atoms with van der Waals surface area (Å²) in [4.78, 5) is 13.0. The van der Waals surface area contributed by atoms with Gasteiger partial charge in [-0.1, -0.05) is 24.6 Å². The topological polar surface area (TPSA) is 66.5 Å². The predicted molar refractivity (Wildman–Crippen MR) is 101 cm³/mol. The molecule has 134 valence electrons. The van der Waals surface area contributed by atoms with Gasteiger partial charge in [0, 0.05) is 24.2 Å². The normalized spacial score (nSPS) is 16.7. The number of carbonyl (C=O) groups excluding carboxylic acids is 1. The molecule has 1 aromatic carbocycles. The Morgan fingerprint density at radius 1 is 1.20 bits per heavy atom. The smallest absolute Gasteiger partial charge is 0.265 e. The second-order valence-electron chi connectivity index (χ2n) is 6.55. The Labute approximate surface area is 152 Å². The molecule has 1 N–H and O–H groups in total. The summed E-state index contributed by atoms with van der Waals surface area (Å²) >= 11 is 1.15. The first-order chi connectivity index (χ1) is 11.9. The molecule has 1 aromatic heterocycles. The van der Waals surface area contributed by atoms with Gasteiger partial charge in [0.05, 0.1) is 9.77 Å². The van der Waals surface area contributed by atoms with E-state index in [1.807, 2.05) is 31.2 Å². The first-order valence-corrected chi connectivity index (χ1v) is 10.6. The van der Waals surface area contributed by atoms with Gasteiger partial charge in [-0.05, 0) is 43.9 Å². The monoisotopic (exact) mass is 378 g/mol. The lowest BCUT2D eigenvalue weighted by molar-refractivity contribution is 0.103. The van der Waals surface area contributed by atoms with E-state index >= 15 is 0 Å². The van der Waals surface area contributed by atoms with E-state index in [1.165, 1.54) is 10.4 Å². The van der Waals surface area contributed by atoms with Crippen molar-refractivity contribution >= 4 is 33.0 Å². The molecule has 0 saturated carbocycles. The Bertz CT molecular complexity index is 849. The van der Waals surface area contributed by atoms with Crippen molar-refractivity contribution in [2.45, 2.75) is 31.6 Å². The highest BCUT2D eigenvalue weighted by molar-refractivity contribution is 7.89. The molecule has 0 spiro atoms. The highest BCUT2D eigenvalue weighted by Crippen LogP contribution is 2.27. The summed E-state index contributed by atoms with van der Waals surface area (Å²) in [6, 6.07) is 8.96. The van der Waals surface area contributed by atoms with Crippen molar-refractivity contribution in [3.63, 3.8) is 0 Å². The molecule has 0 unspecified atom stereocenters. The van der Waals surface area contributed by atoms with E-state index in [0.717, 1.165) is 29.7 Å². The van der Waals surface area contributed by atoms with Gasteiger partial charge in [-0.25, -0.2) is 8.42 Å². The van der Waals surface area contributed by atoms with Gasteiger partial charge in [0.1, 0.15) is 0 Å². The van der Waals surface area contributed by atoms with Crippen molar-refractivity contribution in [1.82, 2.24) is 4.31 Å². The average Bonchev–Trinajstić information content (AvgIpc) is 3.08. The van der Waals surface area contributed by atoms with Gasteiger partial charge >= 0.3 is 0 Å². The molecule has 25 heavy (non-hydrogen) atoms. The first-order valence-electron chi connectivity index (χ1n) is 8.33. The number of amides is 1. The lowest BCUT2D eigenvalue weighted by Crippen LogP contribution is -2.37. The number of hydrogen-bond donors (Lipinski definition) is 1. The average molecular weight is 379 g/mol. The van der Waals surface area contributed by atoms with Crippen molar-refractivity contribution in [1.29, 1.82) is 0 Å². The molecule has 5 nitrogen and oxygen atoms in total. The summed E-state index contributed by atoms with van der Waals surface area (Å²) in [6.45, 7) is 5.21. The molecule has 0 atom stereocenters. The summed E-state index contributed by atoms with van der Waals surface area (Å²) < 4.78 is 27.0. The molecular formula is C18H22N2O3S2. The van der Waals surface area contributed by atoms with Crippen LogP contribution in [0.25, 0.3) is 0 Å². The molecule has 0 bridgehead atoms. The van der Waals surface area contributed by atoms with Crippen LogP contribution < -0.4 is 5.32 Å². The second-order valence-corrected chi connectivity index (χ2v) is 9.40. The van der Waals surface area contributed by atoms with Crippen LogP contribution in [0.4, 0.5) is 5.69 Å². The molecule has 1 fully saturated rings. The van der Waals surface area contributed by atoms with Crippen LogP contribution in [0.3, 0.4) is 0 Å². The van der Waals surface area contributed by atoms with E-state index in [-0.39, 0.29) is 10.8 Å². The number of sulfonamides is 1. The lowest BCUT2D eigenvalue weighted by atomic mass is 10.0. The minimum atomic E-state index is -3.51. The fourth-order valence-electron chi connectivity index (χ4n) is 2.78. The number of nitrogens with one attached hydrogen (secondary N) is 1. The maximum atomic E-state index is 12.7. The number of hydrogen-bond acceptors (Lipinski definition) is 4. The number of aryl methyl sites for hydroxylation is 1. The van der Waals surface area contributed by atoms with Gasteiger partial charge in [-0.3, -0.25) is 4.79 Å². The molecule has 2 heterocycles. The van der Waals surface area contributed by atoms with Gasteiger partial charge in [-0.15, -0.1) is 11.3 Å². The van der Waals surface area contributed by atoms with Crippen LogP contribution in [0.15, 0.2) is 40.6 Å². The van der Waals surface area contributed by atoms with E-state index in [1.54, 1.807) is 5.38 Å². The van der Waals surface area contributed by atoms with E-state index in [2.05, 4.69) is 12.2 Å². The van der Waals surface area contributed by atoms with Gasteiger partial charge in [0.15, 0.2) is 0 Å². The molecule has 1 saturated heterocycles. The van der Waals surface area contributed by atoms with Crippen molar-refractivity contribution in [3.05, 3.63) is 46.2 Å². The highest BCUT2D eigenvalue weighted by Gasteiger charge is 2.29. The summed E-state index contributed by atoms with van der Waals surface area (Å²) in [5, 5.41) is 4.35. The molecule has 1 amide bonds. The second kappa shape index (κ2) is 7.27. The quantitative estimate of drug-likeness (QED) is 0.881. The van der Waals surface area contributed by atoms with E-state index in [9.17, 15) is 13.2 Å². The zero-order valence-corrected chi connectivity index (χ0v) is 16.0. The lowest BCUT2D eigenvalue weighted by Gasteiger charge is -2.29. The van der Waals surface area contributed by atoms with Gasteiger partial charge in [-0.2, -0.15) is 4.31 Å². The van der Waals surface area contributed by atoms with Crippen LogP contribution in [-0.4, -0.2) is 31.7 Å². The minimum absolute atomic E-state index is 0.209. The standard InChI is InChI=1S/C18H22N2O3S2/c1-13-3-5-15(6-4-13)19-18(21)17-11-16(12-24-17)25(22,23)20-9-7-14(2)8-10-20/h3-6,11-12,14H,7-10H2,1-2H3,(H,19,21). The minimum Gasteiger partial charge on any atom is -0.321 e. The first kappa shape index (κ1) is 18.1. The third kappa shape index (κ3) is 4.11. The van der Waals surface area contributed by atoms with Crippen LogP contribution >= 0.6 is 11.3 Å². The predicted octanol–water partition coefficient (Wildman–Crippen LogP) is 3.73. The molecule has 7 heteroatoms. The summed E-state index contributed by atoms with van der Waals surface area (Å²) in [5.41, 5.74) is 1.80. The maximum Gasteiger partial charge on any atom is 0.265 e. The number of nitrogens with zero attached hydrogens (tertiary/aromatic N) is 1. The maximum absolute atomic E-state index is 12.7. The Balaban J connectivity index is 1.73. The zero-order chi connectivity index (χ0) is 18.0. The van der Waals surface area contributed by atoms with E-state index < -0.39 is 10.0 Å². The van der Waals surface area contributed by atoms with Crippen molar-refractivity contribution in [2.24, 2.45) is 5.92 Å². The summed E-state index contributed by atoms with van der Waals surface area (Å²) in [7, 11) is -3.51. The number of thiophene rings is 1. The van der Waals surface area contributed by atoms with Crippen LogP contribution in [0.5, 0.6) is 0 Å². The van der Waals surface area contributed by atoms with Crippen LogP contribution in [-0.2, 0) is 10.0 Å². The molecule has 2 aromatic rings. The van der Waals surface area contributed by atoms with Gasteiger partial charge in [0.2, 0.25) is 10.0 Å². The number of anilines is 1. The Kier molecular flexibility index (Phi) is 5.27. The summed E-state index contributed by atoms with van der Waals surface area (Å²) in [5.74, 6) is 0.271. The van der Waals surface area contributed by atoms with Crippen molar-refractivity contribution in [3.8, 4) is 0 Å². The number of piperidine rings is 1. The van der Waals surface area contributed by atoms with Gasteiger partial charge < -0.3 is 5.32 Å². The van der Waals surface area contributed by atoms with Crippen molar-refractivity contribution in [2.75, 3.05) is 18.4 Å². The highest BCUT2D eigenvalue weighted by atomic mass is 32.2. The third-order valence-corrected chi connectivity index (χ3v) is 7.44. The Morgan fingerprint density at radius 3 is 2.48 bits per heavy atom. The van der Waals surface area contributed by atoms with Crippen LogP contribution in [0.1, 0.15) is 35.0 Å². The van der Waals surface area contributed by atoms with Crippen LogP contribution in [0, 0.1) is 12.8 Å². The fraction of sp³-hybridized carbons (Fsp3) is 0.389. The van der Waals surface area contributed by atoms with E-state index in [0.29, 0.717) is 29.6 Å². The zero-order valence-electron chi connectivity index (χ0n) is 14.4. The van der Waals surface area contributed by atoms with E-state index in [4.69, 9.17) is 0 Å². The molecule has 1 aliphatic rings. The Hall–Kier alpha value is -1.70. The number of benzene rings is 1. The van der Waals surface area contributed by atoms with Crippen LogP contribution in [0.2, 0.25) is 0 Å². The Morgan fingerprint density at radius 2 is 1.84 bits per heavy atom. The van der Waals surface area contributed by atoms with Crippen molar-refractivity contribution < 1.29 is 13.2 Å². The number of rotatable bonds is 4. The third-order valence-electron chi connectivity index (χ3n) is 4.49. The molecular weight excluding hydrogens is 356 g/mol. The summed E-state index contributed by atoms with van der Waals surface area (Å²) in [6.07, 6.45) is 1.76. The fourth-order valence-corrected chi connectivity index (χ4v) is 5.40.